The van der Waals surface area contributed by atoms with Crippen LogP contribution in [0.25, 0.3) is 0 Å². The molecule has 1 saturated heterocycles. The molecule has 204 valence electrons. The van der Waals surface area contributed by atoms with Crippen molar-refractivity contribution in [3.8, 4) is 11.5 Å². The van der Waals surface area contributed by atoms with Crippen LogP contribution in [-0.4, -0.2) is 61.2 Å². The minimum atomic E-state index is -0.429. The number of hydrogen-bond donors (Lipinski definition) is 0. The van der Waals surface area contributed by atoms with Crippen molar-refractivity contribution in [2.45, 2.75) is 32.2 Å². The van der Waals surface area contributed by atoms with E-state index in [1.54, 1.807) is 4.90 Å². The van der Waals surface area contributed by atoms with E-state index in [4.69, 9.17) is 42.4 Å². The van der Waals surface area contributed by atoms with Crippen LogP contribution in [0.4, 0.5) is 0 Å². The number of rotatable bonds is 9. The lowest BCUT2D eigenvalue weighted by molar-refractivity contribution is -0.134. The quantitative estimate of drug-likeness (QED) is 0.290. The average molecular weight is 569 g/mol. The smallest absolute Gasteiger partial charge is 0.209 e. The number of nitrogens with zero attached hydrogens (tertiary/aromatic N) is 3. The lowest BCUT2D eigenvalue weighted by Crippen LogP contribution is -2.52. The van der Waals surface area contributed by atoms with Crippen LogP contribution in [0, 0.1) is 0 Å². The summed E-state index contributed by atoms with van der Waals surface area (Å²) in [7, 11) is 0. The summed E-state index contributed by atoms with van der Waals surface area (Å²) in [5.74, 6) is 2.11. The Bertz CT molecular complexity index is 1320. The van der Waals surface area contributed by atoms with E-state index in [0.29, 0.717) is 48.7 Å². The van der Waals surface area contributed by atoms with Crippen LogP contribution >= 0.6 is 23.2 Å². The molecule has 3 atom stereocenters. The van der Waals surface area contributed by atoms with Gasteiger partial charge in [-0.25, -0.2) is 0 Å². The third kappa shape index (κ3) is 5.86. The summed E-state index contributed by atoms with van der Waals surface area (Å²) in [6, 6.07) is 20.8. The van der Waals surface area contributed by atoms with Gasteiger partial charge in [-0.3, -0.25) is 9.79 Å². The number of benzene rings is 3. The van der Waals surface area contributed by atoms with Gasteiger partial charge in [0.05, 0.1) is 38.0 Å². The summed E-state index contributed by atoms with van der Waals surface area (Å²) in [5, 5.41) is 1.31. The second kappa shape index (κ2) is 12.3. The SMILES string of the molecule is CCOc1ccc(C2=NC(c3ccc(Cl)cc3)C(c3ccc(Cl)cc3)N2C2CN(C=O)CCO2)c(OCC)c1. The molecule has 0 saturated carbocycles. The predicted octanol–water partition coefficient (Wildman–Crippen LogP) is 6.15. The Kier molecular flexibility index (Phi) is 8.60. The van der Waals surface area contributed by atoms with E-state index in [1.165, 1.54) is 0 Å². The molecule has 0 N–H and O–H groups in total. The van der Waals surface area contributed by atoms with Crippen LogP contribution in [-0.2, 0) is 9.53 Å². The normalized spacial score (nSPS) is 21.0. The zero-order valence-electron chi connectivity index (χ0n) is 21.9. The molecule has 3 aromatic rings. The monoisotopic (exact) mass is 567 g/mol. The molecule has 0 aliphatic carbocycles. The lowest BCUT2D eigenvalue weighted by atomic mass is 9.93. The van der Waals surface area contributed by atoms with Gasteiger partial charge in [0.2, 0.25) is 6.41 Å². The molecule has 7 nitrogen and oxygen atoms in total. The van der Waals surface area contributed by atoms with Crippen molar-refractivity contribution >= 4 is 35.4 Å². The Morgan fingerprint density at radius 3 is 2.26 bits per heavy atom. The molecule has 0 spiro atoms. The van der Waals surface area contributed by atoms with Crippen LogP contribution in [0.1, 0.15) is 42.6 Å². The van der Waals surface area contributed by atoms with Crippen LogP contribution < -0.4 is 9.47 Å². The summed E-state index contributed by atoms with van der Waals surface area (Å²) in [5.41, 5.74) is 2.85. The number of carbonyl (C=O) groups is 1. The van der Waals surface area contributed by atoms with E-state index >= 15 is 0 Å². The number of morpholine rings is 1. The molecule has 1 fully saturated rings. The van der Waals surface area contributed by atoms with E-state index in [0.717, 1.165) is 34.7 Å². The number of ether oxygens (including phenoxy) is 3. The van der Waals surface area contributed by atoms with Gasteiger partial charge < -0.3 is 24.0 Å². The van der Waals surface area contributed by atoms with E-state index < -0.39 is 6.23 Å². The van der Waals surface area contributed by atoms with E-state index in [9.17, 15) is 4.79 Å². The molecule has 0 radical (unpaired) electrons. The van der Waals surface area contributed by atoms with Gasteiger partial charge in [0, 0.05) is 22.7 Å². The molecular weight excluding hydrogens is 537 g/mol. The van der Waals surface area contributed by atoms with Crippen molar-refractivity contribution in [3.63, 3.8) is 0 Å². The van der Waals surface area contributed by atoms with Gasteiger partial charge in [0.1, 0.15) is 29.6 Å². The zero-order chi connectivity index (χ0) is 27.4. The minimum absolute atomic E-state index is 0.240. The molecule has 1 amide bonds. The fraction of sp³-hybridized carbons (Fsp3) is 0.333. The molecule has 2 heterocycles. The second-order valence-corrected chi connectivity index (χ2v) is 10.2. The van der Waals surface area contributed by atoms with E-state index in [1.807, 2.05) is 80.6 Å². The highest BCUT2D eigenvalue weighted by Crippen LogP contribution is 2.46. The lowest BCUT2D eigenvalue weighted by Gasteiger charge is -2.41. The first-order valence-electron chi connectivity index (χ1n) is 13.1. The molecular formula is C30H31Cl2N3O4. The van der Waals surface area contributed by atoms with Crippen molar-refractivity contribution in [2.24, 2.45) is 4.99 Å². The maximum atomic E-state index is 11.8. The topological polar surface area (TPSA) is 63.6 Å². The van der Waals surface area contributed by atoms with Crippen molar-refractivity contribution in [1.29, 1.82) is 0 Å². The third-order valence-corrected chi connectivity index (χ3v) is 7.38. The molecule has 9 heteroatoms. The van der Waals surface area contributed by atoms with E-state index in [-0.39, 0.29) is 12.1 Å². The maximum Gasteiger partial charge on any atom is 0.209 e. The van der Waals surface area contributed by atoms with Gasteiger partial charge in [0.25, 0.3) is 0 Å². The Morgan fingerprint density at radius 1 is 0.949 bits per heavy atom. The largest absolute Gasteiger partial charge is 0.494 e. The van der Waals surface area contributed by atoms with E-state index in [2.05, 4.69) is 4.90 Å². The number of carbonyl (C=O) groups excluding carboxylic acids is 1. The first-order valence-corrected chi connectivity index (χ1v) is 13.9. The Morgan fingerprint density at radius 2 is 1.62 bits per heavy atom. The summed E-state index contributed by atoms with van der Waals surface area (Å²) in [4.78, 5) is 21.0. The minimum Gasteiger partial charge on any atom is -0.494 e. The van der Waals surface area contributed by atoms with Gasteiger partial charge >= 0.3 is 0 Å². The van der Waals surface area contributed by atoms with Gasteiger partial charge in [0.15, 0.2) is 0 Å². The summed E-state index contributed by atoms with van der Waals surface area (Å²) in [6.45, 7) is 6.30. The standard InChI is InChI=1S/C30H31Cl2N3O4/c1-3-37-24-13-14-25(26(17-24)38-4-2)30-33-28(20-5-9-22(31)10-6-20)29(21-7-11-23(32)12-8-21)35(30)27-18-34(19-36)15-16-39-27/h5-14,17,19,27-29H,3-4,15-16,18H2,1-2H3. The van der Waals surface area contributed by atoms with Crippen molar-refractivity contribution in [3.05, 3.63) is 93.5 Å². The highest BCUT2D eigenvalue weighted by atomic mass is 35.5. The molecule has 0 bridgehead atoms. The van der Waals surface area contributed by atoms with Crippen molar-refractivity contribution in [1.82, 2.24) is 9.80 Å². The number of amidine groups is 1. The Hall–Kier alpha value is -3.26. The number of hydrogen-bond acceptors (Lipinski definition) is 6. The molecule has 0 aromatic heterocycles. The number of halogens is 2. The first-order chi connectivity index (χ1) is 19.0. The fourth-order valence-corrected chi connectivity index (χ4v) is 5.38. The second-order valence-electron chi connectivity index (χ2n) is 9.30. The average Bonchev–Trinajstić information content (AvgIpc) is 3.35. The third-order valence-electron chi connectivity index (χ3n) is 6.87. The van der Waals surface area contributed by atoms with Crippen LogP contribution in [0.2, 0.25) is 10.0 Å². The van der Waals surface area contributed by atoms with Gasteiger partial charge in [-0.1, -0.05) is 47.5 Å². The summed E-state index contributed by atoms with van der Waals surface area (Å²) < 4.78 is 18.2. The summed E-state index contributed by atoms with van der Waals surface area (Å²) in [6.07, 6.45) is 0.445. The molecule has 2 aliphatic heterocycles. The first kappa shape index (κ1) is 27.3. The fourth-order valence-electron chi connectivity index (χ4n) is 5.13. The zero-order valence-corrected chi connectivity index (χ0v) is 23.4. The number of amides is 1. The predicted molar refractivity (Wildman–Crippen MR) is 153 cm³/mol. The molecule has 2 aliphatic rings. The highest BCUT2D eigenvalue weighted by Gasteiger charge is 2.44. The van der Waals surface area contributed by atoms with Crippen LogP contribution in [0.3, 0.4) is 0 Å². The van der Waals surface area contributed by atoms with Gasteiger partial charge in [-0.15, -0.1) is 0 Å². The molecule has 5 rings (SSSR count). The van der Waals surface area contributed by atoms with Crippen molar-refractivity contribution < 1.29 is 19.0 Å². The molecule has 39 heavy (non-hydrogen) atoms. The van der Waals surface area contributed by atoms with Crippen LogP contribution in [0.15, 0.2) is 71.7 Å². The van der Waals surface area contributed by atoms with Crippen LogP contribution in [0.5, 0.6) is 11.5 Å². The molecule has 3 unspecified atom stereocenters. The summed E-state index contributed by atoms with van der Waals surface area (Å²) >= 11 is 12.5. The number of aliphatic imine (C=N–C) groups is 1. The Labute approximate surface area is 238 Å². The molecule has 3 aromatic carbocycles. The highest BCUT2D eigenvalue weighted by molar-refractivity contribution is 6.30. The van der Waals surface area contributed by atoms with Gasteiger partial charge in [-0.05, 0) is 61.4 Å². The Balaban J connectivity index is 1.69. The maximum absolute atomic E-state index is 11.8. The van der Waals surface area contributed by atoms with Crippen molar-refractivity contribution in [2.75, 3.05) is 32.9 Å². The van der Waals surface area contributed by atoms with Gasteiger partial charge in [-0.2, -0.15) is 0 Å².